The van der Waals surface area contributed by atoms with Gasteiger partial charge in [-0.1, -0.05) is 36.4 Å². The zero-order valence-electron chi connectivity index (χ0n) is 18.3. The average molecular weight is 440 g/mol. The summed E-state index contributed by atoms with van der Waals surface area (Å²) < 4.78 is 5.23. The smallest absolute Gasteiger partial charge is 0.247 e. The number of carbonyl (C=O) groups excluding carboxylic acids is 2. The summed E-state index contributed by atoms with van der Waals surface area (Å²) in [5, 5.41) is 10.4. The molecule has 6 nitrogen and oxygen atoms in total. The maximum Gasteiger partial charge on any atom is 0.247 e. The topological polar surface area (TPSA) is 70.1 Å². The maximum absolute atomic E-state index is 13.2. The van der Waals surface area contributed by atoms with Gasteiger partial charge in [0, 0.05) is 43.5 Å². The number of amides is 1. The summed E-state index contributed by atoms with van der Waals surface area (Å²) in [4.78, 5) is 30.3. The van der Waals surface area contributed by atoms with Crippen LogP contribution in [0.1, 0.15) is 27.0 Å². The molecule has 0 aromatic heterocycles. The summed E-state index contributed by atoms with van der Waals surface area (Å²) >= 11 is 0. The molecule has 6 heteroatoms. The molecule has 1 heterocycles. The monoisotopic (exact) mass is 440 g/mol. The van der Waals surface area contributed by atoms with E-state index in [1.807, 2.05) is 41.3 Å². The molecule has 1 fully saturated rings. The van der Waals surface area contributed by atoms with Gasteiger partial charge >= 0.3 is 0 Å². The lowest BCUT2D eigenvalue weighted by Gasteiger charge is -2.36. The third-order valence-corrected chi connectivity index (χ3v) is 6.32. The molecule has 0 saturated carbocycles. The van der Waals surface area contributed by atoms with Crippen molar-refractivity contribution in [3.05, 3.63) is 95.1 Å². The van der Waals surface area contributed by atoms with Crippen molar-refractivity contribution < 1.29 is 19.4 Å². The minimum Gasteiger partial charge on any atom is -0.507 e. The first kappa shape index (κ1) is 20.8. The fraction of sp³-hybridized carbons (Fsp3) is 0.185. The number of benzene rings is 3. The van der Waals surface area contributed by atoms with E-state index in [0.29, 0.717) is 35.4 Å². The van der Waals surface area contributed by atoms with Crippen molar-refractivity contribution in [2.75, 3.05) is 38.2 Å². The highest BCUT2D eigenvalue weighted by Crippen LogP contribution is 2.39. The van der Waals surface area contributed by atoms with Gasteiger partial charge in [-0.2, -0.15) is 0 Å². The van der Waals surface area contributed by atoms with Crippen LogP contribution in [-0.2, 0) is 4.79 Å². The fourth-order valence-electron chi connectivity index (χ4n) is 4.55. The fourth-order valence-corrected chi connectivity index (χ4v) is 4.55. The van der Waals surface area contributed by atoms with Gasteiger partial charge in [0.1, 0.15) is 11.5 Å². The van der Waals surface area contributed by atoms with Crippen molar-refractivity contribution >= 4 is 23.0 Å². The molecule has 3 aromatic carbocycles. The minimum atomic E-state index is -0.226. The third kappa shape index (κ3) is 3.74. The molecular formula is C27H24N2O4. The van der Waals surface area contributed by atoms with Crippen LogP contribution in [0, 0.1) is 0 Å². The van der Waals surface area contributed by atoms with E-state index < -0.39 is 0 Å². The van der Waals surface area contributed by atoms with Gasteiger partial charge in [0.25, 0.3) is 0 Å². The number of phenols is 1. The molecule has 0 unspecified atom stereocenters. The number of ether oxygens (including phenoxy) is 1. The standard InChI is InChI=1S/C27H24N2O4/c1-33-19-11-9-18(10-12-19)28-13-15-29(16-14-28)25(31)17-23-20-5-2-3-6-22(20)27(32)26-21(23)7-4-8-24(26)30/h2-12,17,30H,13-16H2,1H3. The molecule has 1 amide bonds. The van der Waals surface area contributed by atoms with Crippen molar-refractivity contribution in [2.45, 2.75) is 0 Å². The Balaban J connectivity index is 1.40. The molecule has 5 rings (SSSR count). The van der Waals surface area contributed by atoms with Gasteiger partial charge in [0.2, 0.25) is 5.91 Å². The van der Waals surface area contributed by atoms with Gasteiger partial charge in [0.15, 0.2) is 5.78 Å². The number of hydrogen-bond acceptors (Lipinski definition) is 5. The van der Waals surface area contributed by atoms with Crippen LogP contribution in [0.3, 0.4) is 0 Å². The van der Waals surface area contributed by atoms with Gasteiger partial charge in [-0.15, -0.1) is 0 Å². The molecule has 0 atom stereocenters. The molecule has 1 N–H and O–H groups in total. The third-order valence-electron chi connectivity index (χ3n) is 6.32. The summed E-state index contributed by atoms with van der Waals surface area (Å²) in [5.74, 6) is 0.421. The highest BCUT2D eigenvalue weighted by molar-refractivity contribution is 6.21. The number of phenolic OH excluding ortho intramolecular Hbond substituents is 1. The maximum atomic E-state index is 13.2. The van der Waals surface area contributed by atoms with Crippen LogP contribution in [0.15, 0.2) is 72.8 Å². The zero-order chi connectivity index (χ0) is 22.9. The Labute approximate surface area is 192 Å². The van der Waals surface area contributed by atoms with Gasteiger partial charge in [-0.3, -0.25) is 9.59 Å². The normalized spacial score (nSPS) is 16.4. The summed E-state index contributed by atoms with van der Waals surface area (Å²) in [5.41, 5.74) is 3.81. The van der Waals surface area contributed by atoms with Gasteiger partial charge in [0.05, 0.1) is 12.7 Å². The van der Waals surface area contributed by atoms with Crippen LogP contribution in [-0.4, -0.2) is 55.0 Å². The molecule has 1 saturated heterocycles. The van der Waals surface area contributed by atoms with Crippen LogP contribution >= 0.6 is 0 Å². The Morgan fingerprint density at radius 2 is 1.55 bits per heavy atom. The second-order valence-electron chi connectivity index (χ2n) is 8.14. The number of carbonyl (C=O) groups is 2. The van der Waals surface area contributed by atoms with E-state index in [2.05, 4.69) is 4.90 Å². The number of hydrogen-bond donors (Lipinski definition) is 1. The van der Waals surface area contributed by atoms with Crippen molar-refractivity contribution in [2.24, 2.45) is 0 Å². The first-order valence-electron chi connectivity index (χ1n) is 10.9. The Morgan fingerprint density at radius 1 is 0.879 bits per heavy atom. The number of aromatic hydroxyl groups is 1. The average Bonchev–Trinajstić information content (AvgIpc) is 2.86. The summed E-state index contributed by atoms with van der Waals surface area (Å²) in [7, 11) is 1.65. The summed E-state index contributed by atoms with van der Waals surface area (Å²) in [6.45, 7) is 2.66. The summed E-state index contributed by atoms with van der Waals surface area (Å²) in [6, 6.07) is 20.1. The van der Waals surface area contributed by atoms with Crippen molar-refractivity contribution in [3.63, 3.8) is 0 Å². The SMILES string of the molecule is COc1ccc(N2CCN(C(=O)C=C3c4ccccc4C(=O)c4c(O)cccc43)CC2)cc1. The van der Waals surface area contributed by atoms with Crippen molar-refractivity contribution in [1.82, 2.24) is 4.90 Å². The Hall–Kier alpha value is -4.06. The first-order valence-corrected chi connectivity index (χ1v) is 10.9. The van der Waals surface area contributed by atoms with E-state index in [9.17, 15) is 14.7 Å². The number of ketones is 1. The summed E-state index contributed by atoms with van der Waals surface area (Å²) in [6.07, 6.45) is 1.60. The lowest BCUT2D eigenvalue weighted by molar-refractivity contribution is -0.126. The second-order valence-corrected chi connectivity index (χ2v) is 8.14. The Kier molecular flexibility index (Phi) is 5.34. The molecule has 1 aliphatic heterocycles. The quantitative estimate of drug-likeness (QED) is 0.492. The Bertz CT molecular complexity index is 1260. The molecule has 33 heavy (non-hydrogen) atoms. The van der Waals surface area contributed by atoms with Crippen LogP contribution in [0.2, 0.25) is 0 Å². The predicted octanol–water partition coefficient (Wildman–Crippen LogP) is 3.73. The van der Waals surface area contributed by atoms with Crippen LogP contribution < -0.4 is 9.64 Å². The highest BCUT2D eigenvalue weighted by atomic mass is 16.5. The zero-order valence-corrected chi connectivity index (χ0v) is 18.3. The first-order chi connectivity index (χ1) is 16.1. The second kappa shape index (κ2) is 8.47. The number of methoxy groups -OCH3 is 1. The van der Waals surface area contributed by atoms with Crippen molar-refractivity contribution in [1.29, 1.82) is 0 Å². The van der Waals surface area contributed by atoms with Crippen LogP contribution in [0.4, 0.5) is 5.69 Å². The van der Waals surface area contributed by atoms with Gasteiger partial charge in [-0.25, -0.2) is 0 Å². The number of fused-ring (bicyclic) bond motifs is 2. The molecule has 0 bridgehead atoms. The predicted molar refractivity (Wildman–Crippen MR) is 127 cm³/mol. The molecule has 2 aliphatic rings. The molecule has 166 valence electrons. The van der Waals surface area contributed by atoms with Gasteiger partial charge in [-0.05, 0) is 47.0 Å². The number of anilines is 1. The molecule has 0 radical (unpaired) electrons. The largest absolute Gasteiger partial charge is 0.507 e. The number of rotatable bonds is 3. The lowest BCUT2D eigenvalue weighted by Crippen LogP contribution is -2.48. The van der Waals surface area contributed by atoms with E-state index in [-0.39, 0.29) is 23.0 Å². The minimum absolute atomic E-state index is 0.0709. The molecule has 3 aromatic rings. The number of nitrogens with zero attached hydrogens (tertiary/aromatic N) is 2. The number of piperazine rings is 1. The van der Waals surface area contributed by atoms with E-state index in [1.54, 1.807) is 37.5 Å². The van der Waals surface area contributed by atoms with E-state index in [1.165, 1.54) is 6.07 Å². The highest BCUT2D eigenvalue weighted by Gasteiger charge is 2.30. The van der Waals surface area contributed by atoms with Gasteiger partial charge < -0.3 is 19.6 Å². The van der Waals surface area contributed by atoms with Crippen molar-refractivity contribution in [3.8, 4) is 11.5 Å². The Morgan fingerprint density at radius 3 is 2.24 bits per heavy atom. The van der Waals surface area contributed by atoms with Crippen LogP contribution in [0.25, 0.3) is 5.57 Å². The molecule has 0 spiro atoms. The van der Waals surface area contributed by atoms with Crippen LogP contribution in [0.5, 0.6) is 11.5 Å². The van der Waals surface area contributed by atoms with E-state index in [0.717, 1.165) is 24.5 Å². The van der Waals surface area contributed by atoms with E-state index >= 15 is 0 Å². The van der Waals surface area contributed by atoms with E-state index in [4.69, 9.17) is 4.74 Å². The molecular weight excluding hydrogens is 416 g/mol. The lowest BCUT2D eigenvalue weighted by atomic mass is 9.80. The molecule has 1 aliphatic carbocycles.